The molecule has 0 spiro atoms. The van der Waals surface area contributed by atoms with Gasteiger partial charge in [0.1, 0.15) is 11.6 Å². The molecule has 1 atom stereocenters. The summed E-state index contributed by atoms with van der Waals surface area (Å²) < 4.78 is 44.7. The number of methoxy groups -OCH3 is 1. The van der Waals surface area contributed by atoms with Gasteiger partial charge in [0.2, 0.25) is 0 Å². The van der Waals surface area contributed by atoms with Crippen LogP contribution in [0.25, 0.3) is 0 Å². The van der Waals surface area contributed by atoms with Crippen LogP contribution in [0.2, 0.25) is 0 Å². The summed E-state index contributed by atoms with van der Waals surface area (Å²) in [5.41, 5.74) is 2.55. The average molecular weight is 339 g/mol. The molecule has 0 aromatic heterocycles. The third-order valence-electron chi connectivity index (χ3n) is 3.28. The predicted molar refractivity (Wildman–Crippen MR) is 80.6 cm³/mol. The van der Waals surface area contributed by atoms with Crippen LogP contribution in [0.3, 0.4) is 0 Å². The van der Waals surface area contributed by atoms with E-state index in [0.29, 0.717) is 11.8 Å². The Morgan fingerprint density at radius 2 is 1.75 bits per heavy atom. The number of hydroxylamine groups is 1. The molecule has 0 aliphatic heterocycles. The van der Waals surface area contributed by atoms with Gasteiger partial charge in [-0.15, -0.1) is 0 Å². The van der Waals surface area contributed by atoms with Crippen molar-refractivity contribution in [1.82, 2.24) is 5.48 Å². The van der Waals surface area contributed by atoms with Gasteiger partial charge >= 0.3 is 5.97 Å². The van der Waals surface area contributed by atoms with Gasteiger partial charge in [0.05, 0.1) is 19.6 Å². The van der Waals surface area contributed by atoms with Crippen molar-refractivity contribution in [3.63, 3.8) is 0 Å². The molecule has 0 aliphatic carbocycles. The van der Waals surface area contributed by atoms with E-state index in [9.17, 15) is 18.0 Å². The maximum atomic E-state index is 13.8. The first-order valence-corrected chi connectivity index (χ1v) is 7.17. The topological polar surface area (TPSA) is 47.6 Å². The molecule has 7 heteroatoms. The number of carbonyl (C=O) groups excluding carboxylic acids is 1. The number of halogens is 3. The first kappa shape index (κ1) is 17.8. The second-order valence-corrected chi connectivity index (χ2v) is 5.07. The highest BCUT2D eigenvalue weighted by atomic mass is 19.2. The molecule has 1 N–H and O–H groups in total. The number of carbonyl (C=O) groups is 1. The Bertz CT molecular complexity index is 695. The predicted octanol–water partition coefficient (Wildman–Crippen LogP) is 3.16. The van der Waals surface area contributed by atoms with Crippen LogP contribution >= 0.6 is 0 Å². The number of benzene rings is 2. The molecule has 0 saturated carbocycles. The molecule has 0 aliphatic rings. The van der Waals surface area contributed by atoms with Crippen molar-refractivity contribution in [3.8, 4) is 5.75 Å². The summed E-state index contributed by atoms with van der Waals surface area (Å²) in [4.78, 5) is 16.8. The van der Waals surface area contributed by atoms with Crippen LogP contribution in [0, 0.1) is 17.5 Å². The van der Waals surface area contributed by atoms with Crippen LogP contribution in [0.4, 0.5) is 13.2 Å². The van der Waals surface area contributed by atoms with E-state index in [1.165, 1.54) is 7.11 Å². The summed E-state index contributed by atoms with van der Waals surface area (Å²) in [6.45, 7) is 0. The van der Waals surface area contributed by atoms with Gasteiger partial charge in [-0.25, -0.2) is 13.2 Å². The van der Waals surface area contributed by atoms with Crippen LogP contribution in [0.15, 0.2) is 42.5 Å². The van der Waals surface area contributed by atoms with Crippen molar-refractivity contribution in [2.45, 2.75) is 18.9 Å². The summed E-state index contributed by atoms with van der Waals surface area (Å²) in [5.74, 6) is -3.39. The summed E-state index contributed by atoms with van der Waals surface area (Å²) in [6.07, 6.45) is -0.229. The van der Waals surface area contributed by atoms with E-state index >= 15 is 0 Å². The van der Waals surface area contributed by atoms with Crippen LogP contribution in [0.5, 0.6) is 5.75 Å². The van der Waals surface area contributed by atoms with Crippen molar-refractivity contribution in [3.05, 3.63) is 65.5 Å². The van der Waals surface area contributed by atoms with E-state index in [-0.39, 0.29) is 18.4 Å². The molecule has 0 unspecified atom stereocenters. The summed E-state index contributed by atoms with van der Waals surface area (Å²) in [7, 11) is 1.22. The van der Waals surface area contributed by atoms with Crippen LogP contribution in [-0.4, -0.2) is 19.1 Å². The van der Waals surface area contributed by atoms with Gasteiger partial charge in [0.15, 0.2) is 11.6 Å². The maximum Gasteiger partial charge on any atom is 0.307 e. The van der Waals surface area contributed by atoms with Crippen LogP contribution < -0.4 is 10.3 Å². The van der Waals surface area contributed by atoms with E-state index in [2.05, 4.69) is 10.2 Å². The van der Waals surface area contributed by atoms with Gasteiger partial charge in [0.25, 0.3) is 0 Å². The monoisotopic (exact) mass is 339 g/mol. The molecule has 4 nitrogen and oxygen atoms in total. The first-order valence-electron chi connectivity index (χ1n) is 7.17. The van der Waals surface area contributed by atoms with Crippen molar-refractivity contribution in [2.24, 2.45) is 0 Å². The minimum atomic E-state index is -1.27. The molecule has 0 fully saturated rings. The number of hydrogen-bond acceptors (Lipinski definition) is 4. The summed E-state index contributed by atoms with van der Waals surface area (Å²) >= 11 is 0. The molecule has 0 radical (unpaired) electrons. The second-order valence-electron chi connectivity index (χ2n) is 5.07. The van der Waals surface area contributed by atoms with Gasteiger partial charge in [-0.05, 0) is 30.2 Å². The van der Waals surface area contributed by atoms with Gasteiger partial charge in [-0.3, -0.25) is 4.79 Å². The molecule has 2 rings (SSSR count). The molecule has 0 saturated heterocycles. The standard InChI is InChI=1S/C17H16F3NO3/c1-23-17(22)9-12(21-24-13-5-3-2-4-6-13)7-11-8-15(19)16(20)10-14(11)18/h2-6,8,10,12,21H,7,9H2,1H3/t12-/m0/s1. The lowest BCUT2D eigenvalue weighted by Crippen LogP contribution is -2.36. The van der Waals surface area contributed by atoms with E-state index in [1.807, 2.05) is 0 Å². The largest absolute Gasteiger partial charge is 0.469 e. The minimum Gasteiger partial charge on any atom is -0.469 e. The summed E-state index contributed by atoms with van der Waals surface area (Å²) in [5, 5.41) is 0. The Balaban J connectivity index is 2.11. The van der Waals surface area contributed by atoms with Gasteiger partial charge in [-0.1, -0.05) is 18.2 Å². The lowest BCUT2D eigenvalue weighted by Gasteiger charge is -2.18. The number of rotatable bonds is 7. The number of nitrogens with one attached hydrogen (secondary N) is 1. The Kier molecular flexibility index (Phi) is 6.20. The normalized spacial score (nSPS) is 11.8. The van der Waals surface area contributed by atoms with Crippen LogP contribution in [-0.2, 0) is 16.0 Å². The number of para-hydroxylation sites is 1. The van der Waals surface area contributed by atoms with Gasteiger partial charge < -0.3 is 9.57 Å². The molecule has 0 bridgehead atoms. The fourth-order valence-electron chi connectivity index (χ4n) is 2.07. The summed E-state index contributed by atoms with van der Waals surface area (Å²) in [6, 6.07) is 9.20. The quantitative estimate of drug-likeness (QED) is 0.478. The molecular formula is C17H16F3NO3. The van der Waals surface area contributed by atoms with Crippen molar-refractivity contribution in [1.29, 1.82) is 0 Å². The maximum absolute atomic E-state index is 13.8. The third-order valence-corrected chi connectivity index (χ3v) is 3.28. The molecule has 128 valence electrons. The molecule has 2 aromatic carbocycles. The van der Waals surface area contributed by atoms with E-state index < -0.39 is 29.5 Å². The SMILES string of the molecule is COC(=O)C[C@H](Cc1cc(F)c(F)cc1F)NOc1ccccc1. The highest BCUT2D eigenvalue weighted by Gasteiger charge is 2.19. The Morgan fingerprint density at radius 1 is 1.08 bits per heavy atom. The third kappa shape index (κ3) is 4.99. The van der Waals surface area contributed by atoms with E-state index in [0.717, 1.165) is 6.07 Å². The number of esters is 1. The fraction of sp³-hybridized carbons (Fsp3) is 0.235. The minimum absolute atomic E-state index is 0.0769. The molecule has 0 heterocycles. The zero-order chi connectivity index (χ0) is 17.5. The first-order chi connectivity index (χ1) is 11.5. The average Bonchev–Trinajstić information content (AvgIpc) is 2.58. The molecule has 2 aromatic rings. The van der Waals surface area contributed by atoms with E-state index in [4.69, 9.17) is 4.84 Å². The molecule has 24 heavy (non-hydrogen) atoms. The zero-order valence-corrected chi connectivity index (χ0v) is 12.9. The zero-order valence-electron chi connectivity index (χ0n) is 12.9. The van der Waals surface area contributed by atoms with Gasteiger partial charge in [0, 0.05) is 6.07 Å². The van der Waals surface area contributed by atoms with Gasteiger partial charge in [-0.2, -0.15) is 5.48 Å². The van der Waals surface area contributed by atoms with Crippen molar-refractivity contribution < 1.29 is 27.5 Å². The highest BCUT2D eigenvalue weighted by molar-refractivity contribution is 5.69. The smallest absolute Gasteiger partial charge is 0.307 e. The number of hydrogen-bond donors (Lipinski definition) is 1. The Morgan fingerprint density at radius 3 is 2.42 bits per heavy atom. The lowest BCUT2D eigenvalue weighted by molar-refractivity contribution is -0.141. The second kappa shape index (κ2) is 8.35. The van der Waals surface area contributed by atoms with Crippen molar-refractivity contribution in [2.75, 3.05) is 7.11 Å². The fourth-order valence-corrected chi connectivity index (χ4v) is 2.07. The Hall–Kier alpha value is -2.54. The number of ether oxygens (including phenoxy) is 1. The lowest BCUT2D eigenvalue weighted by atomic mass is 10.0. The van der Waals surface area contributed by atoms with E-state index in [1.54, 1.807) is 30.3 Å². The highest BCUT2D eigenvalue weighted by Crippen LogP contribution is 2.17. The van der Waals surface area contributed by atoms with Crippen LogP contribution in [0.1, 0.15) is 12.0 Å². The van der Waals surface area contributed by atoms with Crippen molar-refractivity contribution >= 4 is 5.97 Å². The molecular weight excluding hydrogens is 323 g/mol. The Labute approximate surface area is 137 Å². The molecule has 0 amide bonds.